The third-order valence-corrected chi connectivity index (χ3v) is 4.83. The molecule has 0 aliphatic carbocycles. The lowest BCUT2D eigenvalue weighted by Gasteiger charge is -2.01. The van der Waals surface area contributed by atoms with Crippen LogP contribution in [0.1, 0.15) is 5.69 Å². The second kappa shape index (κ2) is 5.54. The van der Waals surface area contributed by atoms with Crippen molar-refractivity contribution in [3.8, 4) is 11.3 Å². The lowest BCUT2D eigenvalue weighted by atomic mass is 10.1. The van der Waals surface area contributed by atoms with Crippen LogP contribution >= 0.6 is 0 Å². The molecule has 0 bridgehead atoms. The number of H-pyrrole nitrogens is 1. The first-order valence-electron chi connectivity index (χ1n) is 6.53. The molecular formula is C16H14N2O2S. The molecule has 0 radical (unpaired) electrons. The molecule has 1 heterocycles. The van der Waals surface area contributed by atoms with Gasteiger partial charge in [0.15, 0.2) is 9.84 Å². The topological polar surface area (TPSA) is 62.8 Å². The third kappa shape index (κ3) is 3.03. The molecule has 3 rings (SSSR count). The summed E-state index contributed by atoms with van der Waals surface area (Å²) >= 11 is 0. The number of rotatable bonds is 4. The van der Waals surface area contributed by atoms with Gasteiger partial charge in [0.2, 0.25) is 0 Å². The van der Waals surface area contributed by atoms with Crippen molar-refractivity contribution in [2.24, 2.45) is 0 Å². The molecule has 0 aliphatic heterocycles. The van der Waals surface area contributed by atoms with Crippen molar-refractivity contribution in [2.75, 3.05) is 0 Å². The van der Waals surface area contributed by atoms with Crippen molar-refractivity contribution in [1.29, 1.82) is 0 Å². The Hall–Kier alpha value is -2.40. The van der Waals surface area contributed by atoms with Crippen molar-refractivity contribution in [1.82, 2.24) is 10.2 Å². The average Bonchev–Trinajstić information content (AvgIpc) is 2.97. The number of nitrogens with zero attached hydrogens (tertiary/aromatic N) is 1. The standard InChI is InChI=1S/C16H14N2O2S/c19-21(20,15-9-5-2-6-10-15)12-14-11-16(18-17-14)13-7-3-1-4-8-13/h1-11H,12H2,(H,17,18). The van der Waals surface area contributed by atoms with Gasteiger partial charge >= 0.3 is 0 Å². The Balaban J connectivity index is 1.85. The molecule has 0 unspecified atom stereocenters. The number of aromatic nitrogens is 2. The second-order valence-electron chi connectivity index (χ2n) is 4.72. The highest BCUT2D eigenvalue weighted by Gasteiger charge is 2.16. The van der Waals surface area contributed by atoms with E-state index in [0.29, 0.717) is 10.6 Å². The van der Waals surface area contributed by atoms with E-state index in [1.165, 1.54) is 0 Å². The van der Waals surface area contributed by atoms with Crippen LogP contribution in [0.2, 0.25) is 0 Å². The van der Waals surface area contributed by atoms with E-state index in [4.69, 9.17) is 0 Å². The smallest absolute Gasteiger partial charge is 0.184 e. The summed E-state index contributed by atoms with van der Waals surface area (Å²) in [4.78, 5) is 0.320. The van der Waals surface area contributed by atoms with Crippen LogP contribution in [0, 0.1) is 0 Å². The summed E-state index contributed by atoms with van der Waals surface area (Å²) in [5, 5.41) is 6.98. The van der Waals surface area contributed by atoms with Crippen LogP contribution in [0.3, 0.4) is 0 Å². The first-order valence-corrected chi connectivity index (χ1v) is 8.18. The molecule has 0 saturated carbocycles. The molecule has 3 aromatic rings. The Labute approximate surface area is 123 Å². The minimum absolute atomic E-state index is 0.0865. The molecule has 4 nitrogen and oxygen atoms in total. The van der Waals surface area contributed by atoms with E-state index in [0.717, 1.165) is 11.3 Å². The highest BCUT2D eigenvalue weighted by atomic mass is 32.2. The highest BCUT2D eigenvalue weighted by Crippen LogP contribution is 2.20. The SMILES string of the molecule is O=S(=O)(Cc1cc(-c2ccccc2)n[nH]1)c1ccccc1. The van der Waals surface area contributed by atoms with Gasteiger partial charge in [-0.15, -0.1) is 0 Å². The van der Waals surface area contributed by atoms with Crippen molar-refractivity contribution in [3.05, 3.63) is 72.4 Å². The van der Waals surface area contributed by atoms with Gasteiger partial charge < -0.3 is 0 Å². The number of aromatic amines is 1. The molecule has 0 saturated heterocycles. The highest BCUT2D eigenvalue weighted by molar-refractivity contribution is 7.90. The maximum atomic E-state index is 12.3. The van der Waals surface area contributed by atoms with Gasteiger partial charge in [-0.2, -0.15) is 5.10 Å². The van der Waals surface area contributed by atoms with Crippen molar-refractivity contribution in [3.63, 3.8) is 0 Å². The number of hydrogen-bond acceptors (Lipinski definition) is 3. The van der Waals surface area contributed by atoms with Crippen molar-refractivity contribution >= 4 is 9.84 Å². The van der Waals surface area contributed by atoms with Gasteiger partial charge in [-0.3, -0.25) is 5.10 Å². The summed E-state index contributed by atoms with van der Waals surface area (Å²) in [5.41, 5.74) is 2.28. The first kappa shape index (κ1) is 13.6. The van der Waals surface area contributed by atoms with E-state index >= 15 is 0 Å². The summed E-state index contributed by atoms with van der Waals surface area (Å²) in [5.74, 6) is -0.0865. The summed E-state index contributed by atoms with van der Waals surface area (Å²) in [7, 11) is -3.35. The van der Waals surface area contributed by atoms with E-state index in [9.17, 15) is 8.42 Å². The zero-order chi connectivity index (χ0) is 14.7. The van der Waals surface area contributed by atoms with Crippen LogP contribution in [-0.2, 0) is 15.6 Å². The summed E-state index contributed by atoms with van der Waals surface area (Å²) in [6.45, 7) is 0. The van der Waals surface area contributed by atoms with Gasteiger partial charge in [0.25, 0.3) is 0 Å². The van der Waals surface area contributed by atoms with Crippen molar-refractivity contribution < 1.29 is 8.42 Å². The zero-order valence-corrected chi connectivity index (χ0v) is 12.0. The van der Waals surface area contributed by atoms with Crippen LogP contribution in [0.25, 0.3) is 11.3 Å². The van der Waals surface area contributed by atoms with Crippen LogP contribution in [0.5, 0.6) is 0 Å². The number of benzene rings is 2. The largest absolute Gasteiger partial charge is 0.281 e. The molecule has 1 aromatic heterocycles. The van der Waals surface area contributed by atoms with Crippen molar-refractivity contribution in [2.45, 2.75) is 10.6 Å². The quantitative estimate of drug-likeness (QED) is 0.805. The third-order valence-electron chi connectivity index (χ3n) is 3.15. The van der Waals surface area contributed by atoms with Gasteiger partial charge in [0.05, 0.1) is 22.0 Å². The molecule has 2 aromatic carbocycles. The lowest BCUT2D eigenvalue weighted by Crippen LogP contribution is -2.04. The average molecular weight is 298 g/mol. The minimum atomic E-state index is -3.35. The fourth-order valence-corrected chi connectivity index (χ4v) is 3.40. The Morgan fingerprint density at radius 2 is 1.52 bits per heavy atom. The summed E-state index contributed by atoms with van der Waals surface area (Å²) < 4.78 is 24.6. The number of sulfone groups is 1. The minimum Gasteiger partial charge on any atom is -0.281 e. The Bertz CT molecular complexity index is 825. The van der Waals surface area contributed by atoms with Crippen LogP contribution in [0.4, 0.5) is 0 Å². The molecule has 106 valence electrons. The number of nitrogens with one attached hydrogen (secondary N) is 1. The van der Waals surface area contributed by atoms with Crippen LogP contribution in [0.15, 0.2) is 71.6 Å². The zero-order valence-electron chi connectivity index (χ0n) is 11.2. The van der Waals surface area contributed by atoms with E-state index < -0.39 is 9.84 Å². The van der Waals surface area contributed by atoms with E-state index in [1.807, 2.05) is 30.3 Å². The summed E-state index contributed by atoms with van der Waals surface area (Å²) in [6, 6.07) is 19.8. The molecule has 0 atom stereocenters. The maximum Gasteiger partial charge on any atom is 0.184 e. The van der Waals surface area contributed by atoms with Gasteiger partial charge in [-0.05, 0) is 18.2 Å². The predicted molar refractivity (Wildman–Crippen MR) is 81.4 cm³/mol. The monoisotopic (exact) mass is 298 g/mol. The Morgan fingerprint density at radius 3 is 2.19 bits per heavy atom. The first-order chi connectivity index (χ1) is 10.1. The van der Waals surface area contributed by atoms with E-state index in [1.54, 1.807) is 36.4 Å². The van der Waals surface area contributed by atoms with Gasteiger partial charge in [-0.25, -0.2) is 8.42 Å². The molecular weight excluding hydrogens is 284 g/mol. The van der Waals surface area contributed by atoms with E-state index in [2.05, 4.69) is 10.2 Å². The molecule has 5 heteroatoms. The van der Waals surface area contributed by atoms with E-state index in [-0.39, 0.29) is 5.75 Å². The molecule has 0 amide bonds. The molecule has 1 N–H and O–H groups in total. The maximum absolute atomic E-state index is 12.3. The fourth-order valence-electron chi connectivity index (χ4n) is 2.11. The normalized spacial score (nSPS) is 11.4. The van der Waals surface area contributed by atoms with Gasteiger partial charge in [0.1, 0.15) is 0 Å². The predicted octanol–water partition coefficient (Wildman–Crippen LogP) is 3.05. The van der Waals surface area contributed by atoms with Gasteiger partial charge in [-0.1, -0.05) is 48.5 Å². The molecule has 0 spiro atoms. The lowest BCUT2D eigenvalue weighted by molar-refractivity contribution is 0.594. The van der Waals surface area contributed by atoms with Gasteiger partial charge in [0, 0.05) is 5.56 Å². The Kier molecular flexibility index (Phi) is 3.58. The van der Waals surface area contributed by atoms with Crippen LogP contribution < -0.4 is 0 Å². The van der Waals surface area contributed by atoms with Crippen LogP contribution in [-0.4, -0.2) is 18.6 Å². The summed E-state index contributed by atoms with van der Waals surface area (Å²) in [6.07, 6.45) is 0. The second-order valence-corrected chi connectivity index (χ2v) is 6.71. The fraction of sp³-hybridized carbons (Fsp3) is 0.0625. The molecule has 0 aliphatic rings. The number of hydrogen-bond donors (Lipinski definition) is 1. The Morgan fingerprint density at radius 1 is 0.905 bits per heavy atom. The molecule has 21 heavy (non-hydrogen) atoms. The molecule has 0 fully saturated rings.